The number of aromatic hydroxyl groups is 2. The fraction of sp³-hybridized carbons (Fsp3) is 0.356. The minimum Gasteiger partial charge on any atom is -0.508 e. The SMILES string of the molecule is CC1(Cc2ccc(OCCCCN3CCN(C(=O)COc4cccc5c4CN(C4CCC(=O)NC4=O)C5=O)CC3)cc2)C(c2ccc(O)cc2)=Nc2ccc(O)cc21. The highest BCUT2D eigenvalue weighted by atomic mass is 16.5. The number of phenols is 2. The standard InChI is InChI=1S/C45H47N5O8/c1-45(36-25-32(52)13-16-37(36)46-42(45)30-9-11-31(51)12-10-30)26-29-7-14-33(15-8-29)57-24-3-2-19-48-20-22-49(23-21-48)41(54)28-58-39-6-4-5-34-35(39)27-50(44(34)56)38-17-18-40(53)47-43(38)55/h4-16,25,38,51-52H,2-3,17-24,26-28H2,1H3,(H,47,53,55). The number of benzene rings is 4. The predicted octanol–water partition coefficient (Wildman–Crippen LogP) is 4.88. The molecule has 58 heavy (non-hydrogen) atoms. The first-order chi connectivity index (χ1) is 28.1. The number of hydrogen-bond donors (Lipinski definition) is 3. The van der Waals surface area contributed by atoms with Gasteiger partial charge in [0, 0.05) is 49.1 Å². The van der Waals surface area contributed by atoms with Crippen LogP contribution in [0.2, 0.25) is 0 Å². The van der Waals surface area contributed by atoms with E-state index in [-0.39, 0.29) is 55.2 Å². The topological polar surface area (TPSA) is 161 Å². The number of fused-ring (bicyclic) bond motifs is 2. The molecule has 0 aromatic heterocycles. The lowest BCUT2D eigenvalue weighted by Crippen LogP contribution is -2.52. The van der Waals surface area contributed by atoms with Gasteiger partial charge in [-0.25, -0.2) is 0 Å². The van der Waals surface area contributed by atoms with Crippen molar-refractivity contribution in [2.75, 3.05) is 45.9 Å². The number of nitrogens with zero attached hydrogens (tertiary/aromatic N) is 4. The second-order valence-corrected chi connectivity index (χ2v) is 15.6. The molecule has 4 aromatic rings. The average molecular weight is 786 g/mol. The third-order valence-corrected chi connectivity index (χ3v) is 11.7. The number of aliphatic imine (C=N–C) groups is 1. The van der Waals surface area contributed by atoms with Crippen LogP contribution in [0, 0.1) is 0 Å². The number of hydrogen-bond acceptors (Lipinski definition) is 10. The Morgan fingerprint density at radius 1 is 0.897 bits per heavy atom. The van der Waals surface area contributed by atoms with Crippen molar-refractivity contribution in [3.63, 3.8) is 0 Å². The van der Waals surface area contributed by atoms with Crippen molar-refractivity contribution >= 4 is 35.0 Å². The fourth-order valence-corrected chi connectivity index (χ4v) is 8.50. The smallest absolute Gasteiger partial charge is 0.260 e. The molecule has 300 valence electrons. The van der Waals surface area contributed by atoms with Crippen LogP contribution >= 0.6 is 0 Å². The molecule has 13 heteroatoms. The highest BCUT2D eigenvalue weighted by Crippen LogP contribution is 2.46. The molecule has 2 fully saturated rings. The molecule has 8 rings (SSSR count). The Labute approximate surface area is 336 Å². The molecule has 4 aromatic carbocycles. The van der Waals surface area contributed by atoms with E-state index in [1.807, 2.05) is 35.2 Å². The summed E-state index contributed by atoms with van der Waals surface area (Å²) in [5.41, 5.74) is 5.33. The zero-order chi connectivity index (χ0) is 40.4. The molecule has 2 atom stereocenters. The number of carbonyl (C=O) groups is 4. The third kappa shape index (κ3) is 7.99. The first kappa shape index (κ1) is 38.7. The van der Waals surface area contributed by atoms with Gasteiger partial charge in [-0.3, -0.25) is 34.4 Å². The van der Waals surface area contributed by atoms with Crippen LogP contribution in [0.25, 0.3) is 0 Å². The molecule has 0 aliphatic carbocycles. The molecule has 0 saturated carbocycles. The van der Waals surface area contributed by atoms with Crippen LogP contribution in [-0.4, -0.2) is 106 Å². The zero-order valence-corrected chi connectivity index (χ0v) is 32.5. The van der Waals surface area contributed by atoms with Crippen molar-refractivity contribution in [1.82, 2.24) is 20.0 Å². The molecule has 13 nitrogen and oxygen atoms in total. The Morgan fingerprint density at radius 3 is 2.41 bits per heavy atom. The molecule has 3 N–H and O–H groups in total. The van der Waals surface area contributed by atoms with Gasteiger partial charge in [-0.15, -0.1) is 0 Å². The largest absolute Gasteiger partial charge is 0.508 e. The number of amides is 4. The van der Waals surface area contributed by atoms with Crippen molar-refractivity contribution in [1.29, 1.82) is 0 Å². The number of piperazine rings is 1. The maximum absolute atomic E-state index is 13.1. The summed E-state index contributed by atoms with van der Waals surface area (Å²) in [4.78, 5) is 60.9. The first-order valence-electron chi connectivity index (χ1n) is 19.9. The molecule has 4 aliphatic rings. The Balaban J connectivity index is 0.758. The molecular formula is C45H47N5O8. The molecule has 4 amide bonds. The summed E-state index contributed by atoms with van der Waals surface area (Å²) < 4.78 is 12.0. The van der Waals surface area contributed by atoms with Crippen molar-refractivity contribution in [2.45, 2.75) is 57.0 Å². The van der Waals surface area contributed by atoms with E-state index in [0.29, 0.717) is 43.0 Å². The molecule has 2 unspecified atom stereocenters. The van der Waals surface area contributed by atoms with Gasteiger partial charge < -0.3 is 29.5 Å². The number of piperidine rings is 1. The Morgan fingerprint density at radius 2 is 1.66 bits per heavy atom. The van der Waals surface area contributed by atoms with Crippen molar-refractivity contribution in [2.24, 2.45) is 4.99 Å². The normalized spacial score (nSPS) is 20.4. The molecule has 4 aliphatic heterocycles. The molecule has 0 radical (unpaired) electrons. The van der Waals surface area contributed by atoms with Crippen LogP contribution in [0.4, 0.5) is 5.69 Å². The van der Waals surface area contributed by atoms with Crippen molar-refractivity contribution in [3.05, 3.63) is 113 Å². The van der Waals surface area contributed by atoms with E-state index in [1.165, 1.54) is 4.90 Å². The maximum atomic E-state index is 13.1. The van der Waals surface area contributed by atoms with Gasteiger partial charge in [-0.2, -0.15) is 0 Å². The third-order valence-electron chi connectivity index (χ3n) is 11.7. The predicted molar refractivity (Wildman–Crippen MR) is 216 cm³/mol. The zero-order valence-electron chi connectivity index (χ0n) is 32.5. The summed E-state index contributed by atoms with van der Waals surface area (Å²) in [6.45, 7) is 6.44. The first-order valence-corrected chi connectivity index (χ1v) is 19.9. The number of carbonyl (C=O) groups excluding carboxylic acids is 4. The number of nitrogens with one attached hydrogen (secondary N) is 1. The summed E-state index contributed by atoms with van der Waals surface area (Å²) >= 11 is 0. The summed E-state index contributed by atoms with van der Waals surface area (Å²) in [5.74, 6) is 0.455. The molecule has 2 saturated heterocycles. The summed E-state index contributed by atoms with van der Waals surface area (Å²) in [6, 6.07) is 24.9. The molecular weight excluding hydrogens is 739 g/mol. The van der Waals surface area contributed by atoms with Crippen molar-refractivity contribution < 1.29 is 38.9 Å². The molecule has 0 spiro atoms. The van der Waals surface area contributed by atoms with E-state index in [0.717, 1.165) is 66.3 Å². The van der Waals surface area contributed by atoms with E-state index < -0.39 is 17.4 Å². The molecule has 4 heterocycles. The monoisotopic (exact) mass is 785 g/mol. The van der Waals surface area contributed by atoms with Gasteiger partial charge in [0.25, 0.3) is 11.8 Å². The number of rotatable bonds is 13. The van der Waals surface area contributed by atoms with Crippen LogP contribution in [-0.2, 0) is 32.8 Å². The minimum absolute atomic E-state index is 0.115. The average Bonchev–Trinajstić information content (AvgIpc) is 3.70. The van der Waals surface area contributed by atoms with Gasteiger partial charge in [0.05, 0.1) is 24.6 Å². The summed E-state index contributed by atoms with van der Waals surface area (Å²) in [6.07, 6.45) is 2.98. The Hall–Kier alpha value is -6.21. The van der Waals surface area contributed by atoms with E-state index in [9.17, 15) is 29.4 Å². The van der Waals surface area contributed by atoms with Crippen LogP contribution in [0.3, 0.4) is 0 Å². The lowest BCUT2D eigenvalue weighted by molar-refractivity contribution is -0.137. The van der Waals surface area contributed by atoms with Crippen LogP contribution in [0.15, 0.2) is 89.9 Å². The van der Waals surface area contributed by atoms with Crippen molar-refractivity contribution in [3.8, 4) is 23.0 Å². The Bertz CT molecular complexity index is 2250. The second kappa shape index (κ2) is 16.3. The highest BCUT2D eigenvalue weighted by Gasteiger charge is 2.42. The second-order valence-electron chi connectivity index (χ2n) is 15.6. The summed E-state index contributed by atoms with van der Waals surface area (Å²) in [5, 5.41) is 22.5. The van der Waals surface area contributed by atoms with E-state index in [2.05, 4.69) is 29.3 Å². The van der Waals surface area contributed by atoms with Crippen LogP contribution in [0.5, 0.6) is 23.0 Å². The van der Waals surface area contributed by atoms with Gasteiger partial charge in [0.2, 0.25) is 11.8 Å². The van der Waals surface area contributed by atoms with E-state index in [4.69, 9.17) is 14.5 Å². The van der Waals surface area contributed by atoms with E-state index >= 15 is 0 Å². The maximum Gasteiger partial charge on any atom is 0.260 e. The van der Waals surface area contributed by atoms with Gasteiger partial charge >= 0.3 is 0 Å². The van der Waals surface area contributed by atoms with E-state index in [1.54, 1.807) is 42.5 Å². The van der Waals surface area contributed by atoms with Gasteiger partial charge in [-0.05, 0) is 123 Å². The molecule has 0 bridgehead atoms. The highest BCUT2D eigenvalue weighted by molar-refractivity contribution is 6.13. The van der Waals surface area contributed by atoms with Gasteiger partial charge in [0.1, 0.15) is 29.0 Å². The van der Waals surface area contributed by atoms with Crippen LogP contribution in [0.1, 0.15) is 65.2 Å². The summed E-state index contributed by atoms with van der Waals surface area (Å²) in [7, 11) is 0. The number of phenolic OH excluding ortho intramolecular Hbond substituents is 2. The Kier molecular flexibility index (Phi) is 10.9. The quantitative estimate of drug-likeness (QED) is 0.127. The minimum atomic E-state index is -0.715. The van der Waals surface area contributed by atoms with Gasteiger partial charge in [-0.1, -0.05) is 18.2 Å². The number of imide groups is 1. The van der Waals surface area contributed by atoms with Gasteiger partial charge in [0.15, 0.2) is 6.61 Å². The number of ether oxygens (including phenoxy) is 2. The number of unbranched alkanes of at least 4 members (excludes halogenated alkanes) is 1. The lowest BCUT2D eigenvalue weighted by Gasteiger charge is -2.34. The van der Waals surface area contributed by atoms with Crippen LogP contribution < -0.4 is 14.8 Å². The lowest BCUT2D eigenvalue weighted by atomic mass is 9.73. The fourth-order valence-electron chi connectivity index (χ4n) is 8.50.